The Bertz CT molecular complexity index is 628. The van der Waals surface area contributed by atoms with E-state index in [9.17, 15) is 4.79 Å². The lowest BCUT2D eigenvalue weighted by molar-refractivity contribution is 0.102. The van der Waals surface area contributed by atoms with Crippen LogP contribution in [0.25, 0.3) is 0 Å². The average molecular weight is 316 g/mol. The maximum Gasteiger partial charge on any atom is 0.225 e. The number of aromatic nitrogens is 2. The summed E-state index contributed by atoms with van der Waals surface area (Å²) in [6.07, 6.45) is 4.68. The molecule has 1 saturated heterocycles. The molecule has 2 aromatic heterocycles. The molecule has 0 amide bonds. The highest BCUT2D eigenvalue weighted by Crippen LogP contribution is 2.18. The van der Waals surface area contributed by atoms with Crippen LogP contribution in [0.3, 0.4) is 0 Å². The highest BCUT2D eigenvalue weighted by Gasteiger charge is 2.17. The predicted octanol–water partition coefficient (Wildman–Crippen LogP) is 2.45. The van der Waals surface area contributed by atoms with E-state index in [1.807, 2.05) is 12.1 Å². The molecule has 3 rings (SSSR count). The quantitative estimate of drug-likeness (QED) is 0.811. The van der Waals surface area contributed by atoms with E-state index in [1.54, 1.807) is 30.7 Å². The molecule has 1 aliphatic heterocycles. The molecule has 6 heteroatoms. The Morgan fingerprint density at radius 3 is 2.77 bits per heavy atom. The Labute approximate surface area is 134 Å². The van der Waals surface area contributed by atoms with Gasteiger partial charge < -0.3 is 4.90 Å². The van der Waals surface area contributed by atoms with E-state index < -0.39 is 0 Å². The van der Waals surface area contributed by atoms with Crippen molar-refractivity contribution in [2.45, 2.75) is 19.9 Å². The maximum absolute atomic E-state index is 11.4. The number of Topliss-reactive ketones (excluding diaryl/α,β-unsaturated/α-hetero) is 1. The Balaban J connectivity index is 1.59. The third-order valence-electron chi connectivity index (χ3n) is 3.83. The summed E-state index contributed by atoms with van der Waals surface area (Å²) >= 11 is 1.54. The molecule has 0 N–H and O–H groups in total. The zero-order chi connectivity index (χ0) is 15.4. The number of nitrogens with zero attached hydrogens (tertiary/aromatic N) is 4. The van der Waals surface area contributed by atoms with Crippen LogP contribution in [0.2, 0.25) is 0 Å². The summed E-state index contributed by atoms with van der Waals surface area (Å²) in [6.45, 7) is 6.52. The zero-order valence-corrected chi connectivity index (χ0v) is 13.6. The summed E-state index contributed by atoms with van der Waals surface area (Å²) in [5.74, 6) is 0.971. The molecule has 1 aliphatic rings. The van der Waals surface area contributed by atoms with Crippen molar-refractivity contribution in [2.24, 2.45) is 0 Å². The molecule has 1 fully saturated rings. The fraction of sp³-hybridized carbons (Fsp3) is 0.438. The van der Waals surface area contributed by atoms with Gasteiger partial charge in [-0.25, -0.2) is 9.97 Å². The van der Waals surface area contributed by atoms with E-state index in [2.05, 4.69) is 25.1 Å². The van der Waals surface area contributed by atoms with Crippen molar-refractivity contribution in [3.8, 4) is 0 Å². The Hall–Kier alpha value is -1.79. The smallest absolute Gasteiger partial charge is 0.225 e. The number of carbonyl (C=O) groups excluding carboxylic acids is 1. The van der Waals surface area contributed by atoms with Gasteiger partial charge in [0.25, 0.3) is 0 Å². The second-order valence-electron chi connectivity index (χ2n) is 5.54. The van der Waals surface area contributed by atoms with Gasteiger partial charge in [-0.2, -0.15) is 0 Å². The molecular formula is C16H20N4OS. The zero-order valence-electron chi connectivity index (χ0n) is 12.7. The minimum absolute atomic E-state index is 0.152. The molecule has 3 heterocycles. The number of thiophene rings is 1. The van der Waals surface area contributed by atoms with Crippen molar-refractivity contribution in [2.75, 3.05) is 31.1 Å². The minimum Gasteiger partial charge on any atom is -0.339 e. The summed E-state index contributed by atoms with van der Waals surface area (Å²) in [4.78, 5) is 25.6. The molecule has 22 heavy (non-hydrogen) atoms. The van der Waals surface area contributed by atoms with Crippen molar-refractivity contribution in [1.29, 1.82) is 0 Å². The van der Waals surface area contributed by atoms with Crippen LogP contribution in [-0.2, 0) is 6.54 Å². The monoisotopic (exact) mass is 316 g/mol. The van der Waals surface area contributed by atoms with Gasteiger partial charge in [0, 0.05) is 45.1 Å². The van der Waals surface area contributed by atoms with Crippen molar-refractivity contribution in [1.82, 2.24) is 14.9 Å². The first-order valence-corrected chi connectivity index (χ1v) is 8.43. The number of ketones is 1. The van der Waals surface area contributed by atoms with Crippen LogP contribution < -0.4 is 4.90 Å². The molecule has 0 bridgehead atoms. The van der Waals surface area contributed by atoms with Gasteiger partial charge in [0.15, 0.2) is 5.78 Å². The van der Waals surface area contributed by atoms with Crippen LogP contribution in [0.4, 0.5) is 5.95 Å². The van der Waals surface area contributed by atoms with Crippen LogP contribution in [-0.4, -0.2) is 46.8 Å². The van der Waals surface area contributed by atoms with Crippen LogP contribution in [0, 0.1) is 0 Å². The lowest BCUT2D eigenvalue weighted by Crippen LogP contribution is -2.31. The molecule has 0 atom stereocenters. The number of anilines is 1. The highest BCUT2D eigenvalue weighted by atomic mass is 32.1. The van der Waals surface area contributed by atoms with E-state index in [0.29, 0.717) is 0 Å². The molecule has 0 aromatic carbocycles. The van der Waals surface area contributed by atoms with Gasteiger partial charge in [-0.15, -0.1) is 11.3 Å². The fourth-order valence-electron chi connectivity index (χ4n) is 2.68. The topological polar surface area (TPSA) is 49.3 Å². The Morgan fingerprint density at radius 2 is 2.05 bits per heavy atom. The molecule has 0 spiro atoms. The SMILES string of the molecule is CC(=O)c1cc(CN2CCCN(c3ncccn3)CC2)cs1. The third-order valence-corrected chi connectivity index (χ3v) is 4.91. The van der Waals surface area contributed by atoms with Crippen molar-refractivity contribution < 1.29 is 4.79 Å². The number of carbonyl (C=O) groups is 1. The second kappa shape index (κ2) is 6.98. The molecule has 0 radical (unpaired) electrons. The van der Waals surface area contributed by atoms with Gasteiger partial charge in [-0.05, 0) is 36.4 Å². The van der Waals surface area contributed by atoms with E-state index >= 15 is 0 Å². The largest absolute Gasteiger partial charge is 0.339 e. The van der Waals surface area contributed by atoms with Crippen LogP contribution in [0.5, 0.6) is 0 Å². The third kappa shape index (κ3) is 3.69. The van der Waals surface area contributed by atoms with Gasteiger partial charge >= 0.3 is 0 Å². The first-order chi connectivity index (χ1) is 10.7. The van der Waals surface area contributed by atoms with Gasteiger partial charge in [0.05, 0.1) is 4.88 Å². The summed E-state index contributed by atoms with van der Waals surface area (Å²) in [5, 5.41) is 2.10. The van der Waals surface area contributed by atoms with E-state index in [4.69, 9.17) is 0 Å². The molecule has 2 aromatic rings. The number of hydrogen-bond acceptors (Lipinski definition) is 6. The van der Waals surface area contributed by atoms with Gasteiger partial charge in [-0.1, -0.05) is 0 Å². The van der Waals surface area contributed by atoms with E-state index in [0.717, 1.165) is 50.0 Å². The van der Waals surface area contributed by atoms with Crippen molar-refractivity contribution in [3.63, 3.8) is 0 Å². The molecule has 5 nitrogen and oxygen atoms in total. The molecule has 0 aliphatic carbocycles. The maximum atomic E-state index is 11.4. The molecule has 0 unspecified atom stereocenters. The van der Waals surface area contributed by atoms with Crippen molar-refractivity contribution >= 4 is 23.1 Å². The standard InChI is InChI=1S/C16H20N4OS/c1-13(21)15-10-14(12-22-15)11-19-6-3-7-20(9-8-19)16-17-4-2-5-18-16/h2,4-5,10,12H,3,6-9,11H2,1H3. The molecule has 0 saturated carbocycles. The van der Waals surface area contributed by atoms with Crippen LogP contribution in [0.15, 0.2) is 29.9 Å². The van der Waals surface area contributed by atoms with Gasteiger partial charge in [0.1, 0.15) is 0 Å². The molecular weight excluding hydrogens is 296 g/mol. The first-order valence-electron chi connectivity index (χ1n) is 7.55. The second-order valence-corrected chi connectivity index (χ2v) is 6.45. The lowest BCUT2D eigenvalue weighted by Gasteiger charge is -2.21. The Kier molecular flexibility index (Phi) is 4.80. The number of hydrogen-bond donors (Lipinski definition) is 0. The predicted molar refractivity (Wildman–Crippen MR) is 88.5 cm³/mol. The summed E-state index contributed by atoms with van der Waals surface area (Å²) < 4.78 is 0. The minimum atomic E-state index is 0.152. The van der Waals surface area contributed by atoms with Gasteiger partial charge in [0.2, 0.25) is 5.95 Å². The van der Waals surface area contributed by atoms with Gasteiger partial charge in [-0.3, -0.25) is 9.69 Å². The summed E-state index contributed by atoms with van der Waals surface area (Å²) in [6, 6.07) is 3.87. The van der Waals surface area contributed by atoms with Crippen LogP contribution in [0.1, 0.15) is 28.6 Å². The highest BCUT2D eigenvalue weighted by molar-refractivity contribution is 7.12. The fourth-order valence-corrected chi connectivity index (χ4v) is 3.49. The Morgan fingerprint density at radius 1 is 1.23 bits per heavy atom. The normalized spacial score (nSPS) is 16.5. The van der Waals surface area contributed by atoms with E-state index in [1.165, 1.54) is 5.56 Å². The lowest BCUT2D eigenvalue weighted by atomic mass is 10.2. The van der Waals surface area contributed by atoms with Crippen molar-refractivity contribution in [3.05, 3.63) is 40.3 Å². The average Bonchev–Trinajstić information content (AvgIpc) is 2.87. The summed E-state index contributed by atoms with van der Waals surface area (Å²) in [7, 11) is 0. The van der Waals surface area contributed by atoms with Crippen LogP contribution >= 0.6 is 11.3 Å². The number of rotatable bonds is 4. The summed E-state index contributed by atoms with van der Waals surface area (Å²) in [5.41, 5.74) is 1.24. The molecule has 116 valence electrons. The van der Waals surface area contributed by atoms with E-state index in [-0.39, 0.29) is 5.78 Å². The first kappa shape index (κ1) is 15.1.